The van der Waals surface area contributed by atoms with Crippen LogP contribution in [0, 0.1) is 21.4 Å². The van der Waals surface area contributed by atoms with Crippen LogP contribution in [-0.4, -0.2) is 21.9 Å². The van der Waals surface area contributed by atoms with E-state index >= 15 is 0 Å². The third-order valence-electron chi connectivity index (χ3n) is 2.14. The Kier molecular flexibility index (Phi) is 4.74. The van der Waals surface area contributed by atoms with E-state index in [1.807, 2.05) is 6.07 Å². The van der Waals surface area contributed by atoms with Crippen molar-refractivity contribution < 1.29 is 9.72 Å². The van der Waals surface area contributed by atoms with Crippen LogP contribution in [0.4, 0.5) is 5.82 Å². The van der Waals surface area contributed by atoms with Gasteiger partial charge >= 0.3 is 5.82 Å². The van der Waals surface area contributed by atoms with E-state index in [0.29, 0.717) is 10.9 Å². The Morgan fingerprint density at radius 2 is 2.44 bits per heavy atom. The van der Waals surface area contributed by atoms with Gasteiger partial charge < -0.3 is 15.4 Å². The Labute approximate surface area is 111 Å². The lowest BCUT2D eigenvalue weighted by Gasteiger charge is -2.09. The first-order chi connectivity index (χ1) is 8.49. The van der Waals surface area contributed by atoms with E-state index in [2.05, 4.69) is 26.2 Å². The van der Waals surface area contributed by atoms with Crippen molar-refractivity contribution in [2.24, 2.45) is 0 Å². The molecule has 1 heterocycles. The van der Waals surface area contributed by atoms with Crippen LogP contribution < -0.4 is 5.32 Å². The number of nitrogens with zero attached hydrogens (tertiary/aromatic N) is 3. The molecule has 0 aliphatic carbocycles. The fraction of sp³-hybridized carbons (Fsp3) is 0.300. The first-order valence-corrected chi connectivity index (χ1v) is 5.79. The van der Waals surface area contributed by atoms with Crippen molar-refractivity contribution >= 4 is 27.7 Å². The smallest absolute Gasteiger partial charge is 0.358 e. The number of rotatable bonds is 4. The largest absolute Gasteiger partial charge is 0.364 e. The minimum atomic E-state index is -0.690. The molecular formula is C10H9BrN4O3. The predicted molar refractivity (Wildman–Crippen MR) is 65.7 cm³/mol. The molecule has 0 aliphatic rings. The number of nitro groups is 1. The fourth-order valence-corrected chi connectivity index (χ4v) is 1.56. The van der Waals surface area contributed by atoms with Crippen molar-refractivity contribution in [1.82, 2.24) is 10.3 Å². The third-order valence-corrected chi connectivity index (χ3v) is 2.77. The van der Waals surface area contributed by atoms with Gasteiger partial charge in [0.15, 0.2) is 6.20 Å². The lowest BCUT2D eigenvalue weighted by molar-refractivity contribution is -0.389. The molecule has 0 spiro atoms. The van der Waals surface area contributed by atoms with Crippen molar-refractivity contribution in [2.75, 3.05) is 0 Å². The summed E-state index contributed by atoms with van der Waals surface area (Å²) in [5.41, 5.74) is 0.0744. The van der Waals surface area contributed by atoms with Crippen LogP contribution in [0.25, 0.3) is 0 Å². The highest BCUT2D eigenvalue weighted by Gasteiger charge is 2.19. The lowest BCUT2D eigenvalue weighted by atomic mass is 10.2. The number of carbonyl (C=O) groups excluding carboxylic acids is 1. The van der Waals surface area contributed by atoms with Crippen LogP contribution >= 0.6 is 15.9 Å². The maximum absolute atomic E-state index is 11.8. The number of hydrogen-bond acceptors (Lipinski definition) is 5. The monoisotopic (exact) mass is 312 g/mol. The van der Waals surface area contributed by atoms with E-state index in [-0.39, 0.29) is 5.56 Å². The second-order valence-electron chi connectivity index (χ2n) is 3.34. The molecule has 0 aliphatic heterocycles. The zero-order valence-corrected chi connectivity index (χ0v) is 11.0. The molecule has 1 amide bonds. The first-order valence-electron chi connectivity index (χ1n) is 5.00. The van der Waals surface area contributed by atoms with E-state index in [1.54, 1.807) is 6.92 Å². The minimum Gasteiger partial charge on any atom is -0.358 e. The van der Waals surface area contributed by atoms with Crippen LogP contribution in [0.3, 0.4) is 0 Å². The number of hydrogen-bond donors (Lipinski definition) is 1. The highest BCUT2D eigenvalue weighted by atomic mass is 79.9. The summed E-state index contributed by atoms with van der Waals surface area (Å²) in [6, 6.07) is 2.34. The summed E-state index contributed by atoms with van der Waals surface area (Å²) in [5, 5.41) is 21.8. The van der Waals surface area contributed by atoms with Crippen LogP contribution in [0.1, 0.15) is 23.7 Å². The Bertz CT molecular complexity index is 526. The molecule has 1 aromatic rings. The number of pyridine rings is 1. The van der Waals surface area contributed by atoms with Gasteiger partial charge in [-0.3, -0.25) is 4.79 Å². The normalized spacial score (nSPS) is 11.4. The van der Waals surface area contributed by atoms with Gasteiger partial charge in [-0.1, -0.05) is 6.92 Å². The molecule has 0 aromatic carbocycles. The van der Waals surface area contributed by atoms with E-state index < -0.39 is 22.7 Å². The standard InChI is InChI=1S/C10H9BrN4O3/c1-2-6(4-12)14-10(16)7-3-9(15(17)18)13-5-8(7)11/h3,5-6H,2H2,1H3,(H,14,16). The van der Waals surface area contributed by atoms with Gasteiger partial charge in [-0.2, -0.15) is 5.26 Å². The molecule has 1 unspecified atom stereocenters. The molecule has 1 atom stereocenters. The van der Waals surface area contributed by atoms with Gasteiger partial charge in [0.2, 0.25) is 0 Å². The zero-order valence-electron chi connectivity index (χ0n) is 9.38. The topological polar surface area (TPSA) is 109 Å². The van der Waals surface area contributed by atoms with E-state index in [4.69, 9.17) is 5.26 Å². The average Bonchev–Trinajstić information content (AvgIpc) is 2.35. The Morgan fingerprint density at radius 3 is 2.94 bits per heavy atom. The number of carbonyl (C=O) groups is 1. The number of aromatic nitrogens is 1. The van der Waals surface area contributed by atoms with E-state index in [0.717, 1.165) is 6.07 Å². The summed E-state index contributed by atoms with van der Waals surface area (Å²) in [6.07, 6.45) is 1.63. The summed E-state index contributed by atoms with van der Waals surface area (Å²) in [6.45, 7) is 1.75. The van der Waals surface area contributed by atoms with Gasteiger partial charge in [0.1, 0.15) is 6.04 Å². The van der Waals surface area contributed by atoms with Crippen molar-refractivity contribution in [3.8, 4) is 6.07 Å². The molecule has 0 saturated heterocycles. The van der Waals surface area contributed by atoms with Crippen molar-refractivity contribution in [1.29, 1.82) is 5.26 Å². The average molecular weight is 313 g/mol. The van der Waals surface area contributed by atoms with Gasteiger partial charge in [0.05, 0.1) is 16.1 Å². The van der Waals surface area contributed by atoms with Crippen molar-refractivity contribution in [2.45, 2.75) is 19.4 Å². The maximum Gasteiger partial charge on any atom is 0.364 e. The number of nitriles is 1. The quantitative estimate of drug-likeness (QED) is 0.673. The Morgan fingerprint density at radius 1 is 1.78 bits per heavy atom. The van der Waals surface area contributed by atoms with Crippen LogP contribution in [-0.2, 0) is 0 Å². The molecule has 1 N–H and O–H groups in total. The van der Waals surface area contributed by atoms with Gasteiger partial charge in [0, 0.05) is 6.07 Å². The zero-order chi connectivity index (χ0) is 13.7. The summed E-state index contributed by atoms with van der Waals surface area (Å²) in [4.78, 5) is 25.3. The van der Waals surface area contributed by atoms with Crippen LogP contribution in [0.15, 0.2) is 16.7 Å². The molecule has 1 aromatic heterocycles. The highest BCUT2D eigenvalue weighted by molar-refractivity contribution is 9.10. The molecule has 8 heteroatoms. The van der Waals surface area contributed by atoms with Gasteiger partial charge in [-0.05, 0) is 32.3 Å². The van der Waals surface area contributed by atoms with Gasteiger partial charge in [-0.25, -0.2) is 0 Å². The summed E-state index contributed by atoms with van der Waals surface area (Å²) < 4.78 is 0.332. The molecular weight excluding hydrogens is 304 g/mol. The molecule has 0 bridgehead atoms. The molecule has 0 saturated carbocycles. The highest BCUT2D eigenvalue weighted by Crippen LogP contribution is 2.19. The third kappa shape index (κ3) is 3.24. The van der Waals surface area contributed by atoms with E-state index in [9.17, 15) is 14.9 Å². The number of halogens is 1. The number of amides is 1. The summed E-state index contributed by atoms with van der Waals surface area (Å²) in [7, 11) is 0. The molecule has 94 valence electrons. The van der Waals surface area contributed by atoms with Crippen molar-refractivity contribution in [3.63, 3.8) is 0 Å². The predicted octanol–water partition coefficient (Wildman–Crippen LogP) is 1.78. The molecule has 1 rings (SSSR count). The van der Waals surface area contributed by atoms with Gasteiger partial charge in [0.25, 0.3) is 5.91 Å². The summed E-state index contributed by atoms with van der Waals surface area (Å²) >= 11 is 3.09. The summed E-state index contributed by atoms with van der Waals surface area (Å²) in [5.74, 6) is -0.978. The number of nitrogens with one attached hydrogen (secondary N) is 1. The lowest BCUT2D eigenvalue weighted by Crippen LogP contribution is -2.33. The SMILES string of the molecule is CCC(C#N)NC(=O)c1cc([N+](=O)[O-])ncc1Br. The molecule has 0 radical (unpaired) electrons. The Balaban J connectivity index is 3.02. The Hall–Kier alpha value is -2.01. The second kappa shape index (κ2) is 6.07. The molecule has 7 nitrogen and oxygen atoms in total. The van der Waals surface area contributed by atoms with Crippen LogP contribution in [0.2, 0.25) is 0 Å². The fourth-order valence-electron chi connectivity index (χ4n) is 1.16. The maximum atomic E-state index is 11.8. The first kappa shape index (κ1) is 14.1. The molecule has 0 fully saturated rings. The van der Waals surface area contributed by atoms with Crippen LogP contribution in [0.5, 0.6) is 0 Å². The minimum absolute atomic E-state index is 0.0744. The molecule has 18 heavy (non-hydrogen) atoms. The van der Waals surface area contributed by atoms with Gasteiger partial charge in [-0.15, -0.1) is 0 Å². The van der Waals surface area contributed by atoms with Crippen molar-refractivity contribution in [3.05, 3.63) is 32.4 Å². The van der Waals surface area contributed by atoms with E-state index in [1.165, 1.54) is 6.20 Å². The second-order valence-corrected chi connectivity index (χ2v) is 4.20.